The molecule has 0 bridgehead atoms. The molecule has 4 nitrogen and oxygen atoms in total. The third-order valence-corrected chi connectivity index (χ3v) is 5.83. The Kier molecular flexibility index (Phi) is 2.87. The summed E-state index contributed by atoms with van der Waals surface area (Å²) >= 11 is 0. The molecule has 0 radical (unpaired) electrons. The summed E-state index contributed by atoms with van der Waals surface area (Å²) < 4.78 is 41.3. The smallest absolute Gasteiger partial charge is 0.211 e. The zero-order valence-electron chi connectivity index (χ0n) is 4.82. The van der Waals surface area contributed by atoms with Crippen molar-refractivity contribution in [1.29, 1.82) is 0 Å². The SMILES string of the molecule is C=CCS(=O)(=O)S(=O)(=O)Cl. The predicted octanol–water partition coefficient (Wildman–Crippen LogP) is 0.0708. The van der Waals surface area contributed by atoms with E-state index in [2.05, 4.69) is 17.3 Å². The Labute approximate surface area is 63.2 Å². The zero-order valence-corrected chi connectivity index (χ0v) is 7.21. The van der Waals surface area contributed by atoms with Gasteiger partial charge in [-0.25, -0.2) is 8.42 Å². The summed E-state index contributed by atoms with van der Waals surface area (Å²) in [5.74, 6) is -0.654. The van der Waals surface area contributed by atoms with Crippen molar-refractivity contribution in [1.82, 2.24) is 0 Å². The van der Waals surface area contributed by atoms with E-state index in [1.54, 1.807) is 0 Å². The topological polar surface area (TPSA) is 68.3 Å². The molecule has 0 aromatic rings. The molecular formula is C3H5ClO4S2. The van der Waals surface area contributed by atoms with E-state index >= 15 is 0 Å². The van der Waals surface area contributed by atoms with Gasteiger partial charge in [-0.05, 0) is 0 Å². The van der Waals surface area contributed by atoms with Gasteiger partial charge in [0.1, 0.15) is 0 Å². The van der Waals surface area contributed by atoms with Crippen LogP contribution in [0.2, 0.25) is 0 Å². The van der Waals surface area contributed by atoms with Crippen LogP contribution in [0.5, 0.6) is 0 Å². The Morgan fingerprint density at radius 3 is 1.80 bits per heavy atom. The summed E-state index contributed by atoms with van der Waals surface area (Å²) in [5.41, 5.74) is 0. The molecule has 7 heteroatoms. The fraction of sp³-hybridized carbons (Fsp3) is 0.333. The van der Waals surface area contributed by atoms with Crippen LogP contribution in [0.15, 0.2) is 12.7 Å². The molecular weight excluding hydrogens is 200 g/mol. The molecule has 0 rings (SSSR count). The Morgan fingerprint density at radius 1 is 1.30 bits per heavy atom. The van der Waals surface area contributed by atoms with E-state index in [0.717, 1.165) is 6.08 Å². The van der Waals surface area contributed by atoms with Gasteiger partial charge in [0.2, 0.25) is 0 Å². The molecule has 0 aromatic heterocycles. The van der Waals surface area contributed by atoms with Gasteiger partial charge < -0.3 is 0 Å². The highest BCUT2D eigenvalue weighted by Gasteiger charge is 2.24. The standard InChI is InChI=1S/C3H5ClO4S2/c1-2-3-9(5,6)10(4,7)8/h2H,1,3H2. The van der Waals surface area contributed by atoms with Crippen molar-refractivity contribution in [2.75, 3.05) is 5.75 Å². The highest BCUT2D eigenvalue weighted by Crippen LogP contribution is 2.08. The van der Waals surface area contributed by atoms with E-state index in [9.17, 15) is 16.8 Å². The van der Waals surface area contributed by atoms with Gasteiger partial charge in [0.25, 0.3) is 8.87 Å². The summed E-state index contributed by atoms with van der Waals surface area (Å²) in [7, 11) is -4.18. The van der Waals surface area contributed by atoms with Crippen LogP contribution in [0.25, 0.3) is 0 Å². The van der Waals surface area contributed by atoms with Crippen molar-refractivity contribution in [3.8, 4) is 0 Å². The van der Waals surface area contributed by atoms with Gasteiger partial charge in [-0.3, -0.25) is 0 Å². The minimum absolute atomic E-state index is 0.654. The zero-order chi connectivity index (χ0) is 8.41. The Bertz CT molecular complexity index is 310. The summed E-state index contributed by atoms with van der Waals surface area (Å²) in [4.78, 5) is 0. The molecule has 0 unspecified atom stereocenters. The first-order valence-electron chi connectivity index (χ1n) is 2.09. The quantitative estimate of drug-likeness (QED) is 0.371. The van der Waals surface area contributed by atoms with Crippen LogP contribution in [0.1, 0.15) is 0 Å². The second-order valence-corrected chi connectivity index (χ2v) is 8.25. The molecule has 0 N–H and O–H groups in total. The molecule has 0 heterocycles. The van der Waals surface area contributed by atoms with Crippen LogP contribution in [-0.4, -0.2) is 22.6 Å². The van der Waals surface area contributed by atoms with Crippen molar-refractivity contribution >= 4 is 27.6 Å². The van der Waals surface area contributed by atoms with Crippen molar-refractivity contribution in [2.24, 2.45) is 0 Å². The molecule has 0 spiro atoms. The first-order valence-corrected chi connectivity index (χ1v) is 6.57. The van der Waals surface area contributed by atoms with Crippen LogP contribution in [0, 0.1) is 0 Å². The molecule has 0 fully saturated rings. The van der Waals surface area contributed by atoms with Gasteiger partial charge in [-0.15, -0.1) is 6.58 Å². The summed E-state index contributed by atoms with van der Waals surface area (Å²) in [5, 5.41) is 0. The van der Waals surface area contributed by atoms with Gasteiger partial charge in [-0.1, -0.05) is 6.08 Å². The first-order chi connectivity index (χ1) is 4.31. The third kappa shape index (κ3) is 2.28. The number of halogens is 1. The van der Waals surface area contributed by atoms with Crippen LogP contribution in [-0.2, 0) is 17.0 Å². The number of hydrogen-bond acceptors (Lipinski definition) is 4. The number of hydrogen-bond donors (Lipinski definition) is 0. The maximum atomic E-state index is 10.5. The van der Waals surface area contributed by atoms with Crippen molar-refractivity contribution in [3.63, 3.8) is 0 Å². The average Bonchev–Trinajstić information content (AvgIpc) is 1.61. The second-order valence-electron chi connectivity index (χ2n) is 1.41. The fourth-order valence-electron chi connectivity index (χ4n) is 0.226. The monoisotopic (exact) mass is 204 g/mol. The van der Waals surface area contributed by atoms with Crippen molar-refractivity contribution < 1.29 is 16.8 Å². The molecule has 0 aromatic carbocycles. The first kappa shape index (κ1) is 9.93. The molecule has 0 amide bonds. The van der Waals surface area contributed by atoms with E-state index in [1.165, 1.54) is 0 Å². The highest BCUT2D eigenvalue weighted by atomic mass is 35.8. The lowest BCUT2D eigenvalue weighted by atomic mass is 10.8. The molecule has 60 valence electrons. The van der Waals surface area contributed by atoms with Gasteiger partial charge in [0, 0.05) is 10.7 Å². The maximum Gasteiger partial charge on any atom is 0.337 e. The normalized spacial score (nSPS) is 12.9. The minimum Gasteiger partial charge on any atom is -0.211 e. The average molecular weight is 205 g/mol. The van der Waals surface area contributed by atoms with Crippen LogP contribution >= 0.6 is 10.7 Å². The Hall–Kier alpha value is -0.0700. The van der Waals surface area contributed by atoms with Crippen LogP contribution in [0.3, 0.4) is 0 Å². The lowest BCUT2D eigenvalue weighted by Crippen LogP contribution is -2.11. The minimum atomic E-state index is -4.49. The maximum absolute atomic E-state index is 10.5. The van der Waals surface area contributed by atoms with E-state index in [1.807, 2.05) is 0 Å². The van der Waals surface area contributed by atoms with Gasteiger partial charge >= 0.3 is 8.08 Å². The lowest BCUT2D eigenvalue weighted by Gasteiger charge is -1.91. The Balaban J connectivity index is 4.98. The fourth-order valence-corrected chi connectivity index (χ4v) is 1.92. The molecule has 10 heavy (non-hydrogen) atoms. The summed E-state index contributed by atoms with van der Waals surface area (Å²) in [6.07, 6.45) is 0.954. The molecule has 0 aliphatic rings. The van der Waals surface area contributed by atoms with Crippen LogP contribution in [0.4, 0.5) is 0 Å². The van der Waals surface area contributed by atoms with Crippen molar-refractivity contribution in [3.05, 3.63) is 12.7 Å². The van der Waals surface area contributed by atoms with Crippen LogP contribution < -0.4 is 0 Å². The van der Waals surface area contributed by atoms with E-state index in [0.29, 0.717) is 0 Å². The lowest BCUT2D eigenvalue weighted by molar-refractivity contribution is 0.591. The van der Waals surface area contributed by atoms with E-state index in [-0.39, 0.29) is 0 Å². The summed E-state index contributed by atoms with van der Waals surface area (Å²) in [6, 6.07) is 0. The van der Waals surface area contributed by atoms with Crippen molar-refractivity contribution in [2.45, 2.75) is 0 Å². The number of rotatable bonds is 3. The van der Waals surface area contributed by atoms with Gasteiger partial charge in [-0.2, -0.15) is 8.42 Å². The van der Waals surface area contributed by atoms with E-state index < -0.39 is 22.7 Å². The molecule has 0 aliphatic heterocycles. The van der Waals surface area contributed by atoms with Gasteiger partial charge in [0.05, 0.1) is 5.75 Å². The highest BCUT2D eigenvalue weighted by molar-refractivity contribution is 8.75. The largest absolute Gasteiger partial charge is 0.337 e. The third-order valence-electron chi connectivity index (χ3n) is 0.625. The second kappa shape index (κ2) is 2.89. The molecule has 0 saturated carbocycles. The Morgan fingerprint density at radius 2 is 1.70 bits per heavy atom. The molecule has 0 aliphatic carbocycles. The summed E-state index contributed by atoms with van der Waals surface area (Å²) in [6.45, 7) is 3.06. The van der Waals surface area contributed by atoms with Gasteiger partial charge in [0.15, 0.2) is 0 Å². The molecule has 0 atom stereocenters. The van der Waals surface area contributed by atoms with E-state index in [4.69, 9.17) is 0 Å². The predicted molar refractivity (Wildman–Crippen MR) is 38.8 cm³/mol. The molecule has 0 saturated heterocycles.